The van der Waals surface area contributed by atoms with Gasteiger partial charge in [0.25, 0.3) is 0 Å². The highest BCUT2D eigenvalue weighted by Gasteiger charge is 2.11. The largest absolute Gasteiger partial charge is 0.497 e. The molecule has 0 spiro atoms. The number of methoxy groups -OCH3 is 1. The van der Waals surface area contributed by atoms with E-state index in [-0.39, 0.29) is 0 Å². The van der Waals surface area contributed by atoms with Crippen molar-refractivity contribution < 1.29 is 4.74 Å². The number of fused-ring (bicyclic) bond motifs is 3. The molecule has 0 radical (unpaired) electrons. The van der Waals surface area contributed by atoms with Gasteiger partial charge in [0, 0.05) is 11.6 Å². The summed E-state index contributed by atoms with van der Waals surface area (Å²) in [5, 5.41) is 0. The van der Waals surface area contributed by atoms with Crippen LogP contribution in [0.5, 0.6) is 5.75 Å². The molecular weight excluding hydrogens is 250 g/mol. The second-order valence-corrected chi connectivity index (χ2v) is 4.68. The second-order valence-electron chi connectivity index (χ2n) is 4.68. The van der Waals surface area contributed by atoms with Gasteiger partial charge in [0.2, 0.25) is 5.78 Å². The van der Waals surface area contributed by atoms with Crippen molar-refractivity contribution >= 4 is 16.8 Å². The monoisotopic (exact) mass is 263 g/mol. The summed E-state index contributed by atoms with van der Waals surface area (Å²) in [5.41, 5.74) is 4.34. The lowest BCUT2D eigenvalue weighted by Crippen LogP contribution is -1.86. The van der Waals surface area contributed by atoms with E-state index in [1.165, 1.54) is 0 Å². The van der Waals surface area contributed by atoms with Crippen molar-refractivity contribution in [2.24, 2.45) is 0 Å². The zero-order chi connectivity index (χ0) is 13.5. The lowest BCUT2D eigenvalue weighted by Gasteiger charge is -2.01. The summed E-state index contributed by atoms with van der Waals surface area (Å²) in [6.45, 7) is 0. The van der Waals surface area contributed by atoms with Gasteiger partial charge in [-0.2, -0.15) is 0 Å². The highest BCUT2D eigenvalue weighted by Crippen LogP contribution is 2.27. The van der Waals surface area contributed by atoms with E-state index in [4.69, 9.17) is 4.74 Å². The maximum Gasteiger partial charge on any atom is 0.212 e. The first-order chi connectivity index (χ1) is 9.86. The Labute approximate surface area is 115 Å². The third-order valence-electron chi connectivity index (χ3n) is 3.52. The molecule has 98 valence electrons. The number of nitrogens with one attached hydrogen (secondary N) is 1. The van der Waals surface area contributed by atoms with E-state index < -0.39 is 0 Å². The third kappa shape index (κ3) is 1.51. The Balaban J connectivity index is 2.04. The fraction of sp³-hybridized carbons (Fsp3) is 0.0625. The maximum atomic E-state index is 5.26. The van der Waals surface area contributed by atoms with Gasteiger partial charge in [-0.1, -0.05) is 30.3 Å². The first-order valence-corrected chi connectivity index (χ1v) is 6.45. The van der Waals surface area contributed by atoms with Crippen molar-refractivity contribution in [3.05, 3.63) is 54.7 Å². The van der Waals surface area contributed by atoms with E-state index in [9.17, 15) is 0 Å². The predicted octanol–water partition coefficient (Wildman–Crippen LogP) is 3.49. The van der Waals surface area contributed by atoms with Crippen molar-refractivity contribution in [2.45, 2.75) is 0 Å². The number of aromatic nitrogens is 3. The SMILES string of the molecule is COc1ccc2c(c1)[nH]c1ncc(-c3ccccc3)n12. The van der Waals surface area contributed by atoms with E-state index >= 15 is 0 Å². The van der Waals surface area contributed by atoms with Crippen LogP contribution >= 0.6 is 0 Å². The van der Waals surface area contributed by atoms with Crippen LogP contribution < -0.4 is 4.74 Å². The summed E-state index contributed by atoms with van der Waals surface area (Å²) < 4.78 is 7.39. The first kappa shape index (κ1) is 11.1. The van der Waals surface area contributed by atoms with Crippen LogP contribution in [0, 0.1) is 0 Å². The molecule has 4 heteroatoms. The van der Waals surface area contributed by atoms with Crippen LogP contribution in [-0.4, -0.2) is 21.5 Å². The van der Waals surface area contributed by atoms with Crippen LogP contribution in [0.15, 0.2) is 54.7 Å². The minimum absolute atomic E-state index is 0.836. The molecule has 2 aromatic heterocycles. The Morgan fingerprint density at radius 3 is 2.75 bits per heavy atom. The number of H-pyrrole nitrogens is 1. The van der Waals surface area contributed by atoms with Gasteiger partial charge in [-0.15, -0.1) is 0 Å². The summed E-state index contributed by atoms with van der Waals surface area (Å²) in [5.74, 6) is 1.68. The molecule has 4 nitrogen and oxygen atoms in total. The van der Waals surface area contributed by atoms with Crippen molar-refractivity contribution in [3.63, 3.8) is 0 Å². The average molecular weight is 263 g/mol. The minimum Gasteiger partial charge on any atom is -0.497 e. The van der Waals surface area contributed by atoms with E-state index in [0.29, 0.717) is 0 Å². The van der Waals surface area contributed by atoms with Crippen LogP contribution in [-0.2, 0) is 0 Å². The van der Waals surface area contributed by atoms with Crippen molar-refractivity contribution in [1.82, 2.24) is 14.4 Å². The summed E-state index contributed by atoms with van der Waals surface area (Å²) in [6.07, 6.45) is 1.89. The molecule has 20 heavy (non-hydrogen) atoms. The normalized spacial score (nSPS) is 11.2. The zero-order valence-corrected chi connectivity index (χ0v) is 11.0. The smallest absolute Gasteiger partial charge is 0.212 e. The Kier molecular flexibility index (Phi) is 2.29. The summed E-state index contributed by atoms with van der Waals surface area (Å²) >= 11 is 0. The first-order valence-electron chi connectivity index (χ1n) is 6.45. The molecule has 0 saturated carbocycles. The van der Waals surface area contributed by atoms with E-state index in [1.807, 2.05) is 42.6 Å². The van der Waals surface area contributed by atoms with Gasteiger partial charge in [-0.3, -0.25) is 4.40 Å². The van der Waals surface area contributed by atoms with Crippen LogP contribution in [0.3, 0.4) is 0 Å². The number of nitrogens with zero attached hydrogens (tertiary/aromatic N) is 2. The van der Waals surface area contributed by atoms with Crippen molar-refractivity contribution in [2.75, 3.05) is 7.11 Å². The molecular formula is C16H13N3O. The Hall–Kier alpha value is -2.75. The van der Waals surface area contributed by atoms with Crippen LogP contribution in [0.2, 0.25) is 0 Å². The van der Waals surface area contributed by atoms with E-state index in [0.717, 1.165) is 33.8 Å². The van der Waals surface area contributed by atoms with Gasteiger partial charge < -0.3 is 9.72 Å². The Morgan fingerprint density at radius 1 is 1.10 bits per heavy atom. The molecule has 0 bridgehead atoms. The molecule has 0 atom stereocenters. The molecule has 0 aliphatic rings. The molecule has 2 heterocycles. The standard InChI is InChI=1S/C16H13N3O/c1-20-12-7-8-14-13(9-12)18-16-17-10-15(19(14)16)11-5-3-2-4-6-11/h2-10H,1H3,(H,17,18). The molecule has 2 aromatic carbocycles. The van der Waals surface area contributed by atoms with Crippen molar-refractivity contribution in [1.29, 1.82) is 0 Å². The quantitative estimate of drug-likeness (QED) is 0.601. The topological polar surface area (TPSA) is 42.3 Å². The maximum absolute atomic E-state index is 5.26. The molecule has 0 saturated heterocycles. The summed E-state index contributed by atoms with van der Waals surface area (Å²) in [4.78, 5) is 7.77. The highest BCUT2D eigenvalue weighted by molar-refractivity contribution is 5.84. The number of rotatable bonds is 2. The lowest BCUT2D eigenvalue weighted by atomic mass is 10.2. The molecule has 4 rings (SSSR count). The van der Waals surface area contributed by atoms with Gasteiger partial charge >= 0.3 is 0 Å². The molecule has 0 unspecified atom stereocenters. The Morgan fingerprint density at radius 2 is 1.95 bits per heavy atom. The third-order valence-corrected chi connectivity index (χ3v) is 3.52. The van der Waals surface area contributed by atoms with E-state index in [1.54, 1.807) is 7.11 Å². The fourth-order valence-electron chi connectivity index (χ4n) is 2.55. The van der Waals surface area contributed by atoms with Crippen molar-refractivity contribution in [3.8, 4) is 17.0 Å². The fourth-order valence-corrected chi connectivity index (χ4v) is 2.55. The Bertz CT molecular complexity index is 890. The molecule has 0 aliphatic carbocycles. The number of aromatic amines is 1. The highest BCUT2D eigenvalue weighted by atomic mass is 16.5. The number of benzene rings is 2. The summed E-state index contributed by atoms with van der Waals surface area (Å²) in [6, 6.07) is 16.3. The molecule has 0 aliphatic heterocycles. The number of hydrogen-bond acceptors (Lipinski definition) is 2. The lowest BCUT2D eigenvalue weighted by molar-refractivity contribution is 0.415. The van der Waals surface area contributed by atoms with Crippen LogP contribution in [0.4, 0.5) is 0 Å². The molecule has 4 aromatic rings. The van der Waals surface area contributed by atoms with Gasteiger partial charge in [0.05, 0.1) is 30.0 Å². The van der Waals surface area contributed by atoms with Gasteiger partial charge in [-0.05, 0) is 12.1 Å². The van der Waals surface area contributed by atoms with Crippen LogP contribution in [0.1, 0.15) is 0 Å². The minimum atomic E-state index is 0.836. The molecule has 0 fully saturated rings. The predicted molar refractivity (Wildman–Crippen MR) is 79.0 cm³/mol. The van der Waals surface area contributed by atoms with E-state index in [2.05, 4.69) is 26.5 Å². The van der Waals surface area contributed by atoms with Gasteiger partial charge in [-0.25, -0.2) is 4.98 Å². The van der Waals surface area contributed by atoms with Gasteiger partial charge in [0.1, 0.15) is 5.75 Å². The van der Waals surface area contributed by atoms with Crippen LogP contribution in [0.25, 0.3) is 28.1 Å². The molecule has 0 amide bonds. The van der Waals surface area contributed by atoms with Gasteiger partial charge in [0.15, 0.2) is 0 Å². The average Bonchev–Trinajstić information content (AvgIpc) is 3.06. The second kappa shape index (κ2) is 4.13. The number of imidazole rings is 2. The molecule has 1 N–H and O–H groups in total. The number of ether oxygens (including phenoxy) is 1. The zero-order valence-electron chi connectivity index (χ0n) is 11.0. The number of hydrogen-bond donors (Lipinski definition) is 1. The summed E-state index contributed by atoms with van der Waals surface area (Å²) in [7, 11) is 1.67.